The van der Waals surface area contributed by atoms with E-state index in [2.05, 4.69) is 16.8 Å². The molecule has 3 aromatic carbocycles. The van der Waals surface area contributed by atoms with E-state index in [0.717, 1.165) is 16.7 Å². The van der Waals surface area contributed by atoms with Gasteiger partial charge in [-0.25, -0.2) is 4.79 Å². The first-order chi connectivity index (χ1) is 17.5. The monoisotopic (exact) mass is 478 g/mol. The van der Waals surface area contributed by atoms with Crippen LogP contribution in [0.3, 0.4) is 0 Å². The highest BCUT2D eigenvalue weighted by Gasteiger charge is 2.24. The van der Waals surface area contributed by atoms with Crippen molar-refractivity contribution < 1.29 is 4.79 Å². The third-order valence-electron chi connectivity index (χ3n) is 5.62. The van der Waals surface area contributed by atoms with E-state index >= 15 is 0 Å². The zero-order valence-corrected chi connectivity index (χ0v) is 19.9. The molecule has 0 fully saturated rings. The number of nitrogens with zero attached hydrogens (tertiary/aromatic N) is 2. The Hall–Kier alpha value is -4.83. The minimum Gasteiger partial charge on any atom is -0.383 e. The zero-order valence-electron chi connectivity index (χ0n) is 19.9. The number of hydrogen-bond donors (Lipinski definition) is 2. The number of nitrogens with two attached hydrogens (primary N) is 1. The first-order valence-electron chi connectivity index (χ1n) is 11.6. The molecule has 0 bridgehead atoms. The van der Waals surface area contributed by atoms with Crippen LogP contribution in [0.2, 0.25) is 0 Å². The maximum atomic E-state index is 13.5. The van der Waals surface area contributed by atoms with Crippen molar-refractivity contribution in [1.29, 1.82) is 0 Å². The third-order valence-corrected chi connectivity index (χ3v) is 5.62. The Bertz CT molecular complexity index is 1530. The lowest BCUT2D eigenvalue weighted by Gasteiger charge is -2.24. The number of hydrogen-bond acceptors (Lipinski definition) is 4. The molecule has 4 rings (SSSR count). The Morgan fingerprint density at radius 1 is 0.889 bits per heavy atom. The number of carbonyl (C=O) groups is 1. The van der Waals surface area contributed by atoms with Crippen LogP contribution < -0.4 is 21.9 Å². The Morgan fingerprint density at radius 3 is 2.08 bits per heavy atom. The number of benzene rings is 3. The summed E-state index contributed by atoms with van der Waals surface area (Å²) in [6.45, 7) is 2.32. The lowest BCUT2D eigenvalue weighted by Crippen LogP contribution is -2.41. The molecule has 0 aliphatic carbocycles. The predicted octanol–water partition coefficient (Wildman–Crippen LogP) is 3.62. The fraction of sp³-hybridized carbons (Fsp3) is 0.138. The first-order valence-corrected chi connectivity index (χ1v) is 11.6. The maximum Gasteiger partial charge on any atom is 0.330 e. The lowest BCUT2D eigenvalue weighted by molar-refractivity contribution is 0.0986. The van der Waals surface area contributed by atoms with Crippen LogP contribution in [0.1, 0.15) is 40.4 Å². The number of carbonyl (C=O) groups excluding carboxylic acids is 1. The molecule has 0 aliphatic heterocycles. The molecule has 0 spiro atoms. The highest BCUT2D eigenvalue weighted by Crippen LogP contribution is 2.21. The van der Waals surface area contributed by atoms with E-state index in [1.54, 1.807) is 24.3 Å². The van der Waals surface area contributed by atoms with Crippen molar-refractivity contribution in [3.63, 3.8) is 0 Å². The zero-order chi connectivity index (χ0) is 25.5. The van der Waals surface area contributed by atoms with Gasteiger partial charge in [0, 0.05) is 23.2 Å². The molecule has 3 N–H and O–H groups in total. The van der Waals surface area contributed by atoms with Crippen LogP contribution in [-0.4, -0.2) is 22.0 Å². The summed E-state index contributed by atoms with van der Waals surface area (Å²) in [5, 5.41) is 0. The van der Waals surface area contributed by atoms with Gasteiger partial charge in [0.15, 0.2) is 5.69 Å². The molecule has 1 amide bonds. The smallest absolute Gasteiger partial charge is 0.330 e. The largest absolute Gasteiger partial charge is 0.383 e. The number of H-pyrrole nitrogens is 1. The Labute approximate surface area is 208 Å². The van der Waals surface area contributed by atoms with Crippen LogP contribution in [0.5, 0.6) is 0 Å². The summed E-state index contributed by atoms with van der Waals surface area (Å²) in [6, 6.07) is 25.8. The number of nitrogen functional groups attached to an aromatic ring is 1. The Morgan fingerprint density at radius 2 is 1.47 bits per heavy atom. The van der Waals surface area contributed by atoms with Crippen molar-refractivity contribution in [2.45, 2.75) is 19.9 Å². The van der Waals surface area contributed by atoms with Crippen LogP contribution in [0.4, 0.5) is 11.5 Å². The second-order valence-corrected chi connectivity index (χ2v) is 8.22. The fourth-order valence-corrected chi connectivity index (χ4v) is 3.82. The van der Waals surface area contributed by atoms with E-state index in [0.29, 0.717) is 12.0 Å². The van der Waals surface area contributed by atoms with Gasteiger partial charge in [-0.2, -0.15) is 0 Å². The van der Waals surface area contributed by atoms with E-state index in [9.17, 15) is 14.4 Å². The van der Waals surface area contributed by atoms with E-state index < -0.39 is 11.2 Å². The molecular weight excluding hydrogens is 452 g/mol. The maximum absolute atomic E-state index is 13.5. The lowest BCUT2D eigenvalue weighted by atomic mass is 10.1. The van der Waals surface area contributed by atoms with Gasteiger partial charge in [0.05, 0.1) is 6.54 Å². The standard InChI is InChI=1S/C29H26N4O3/c1-2-19-32(25-26(30)33(29(36)31-27(25)34)20-23-11-7-4-8-12-23)28(35)24-17-15-22(16-18-24)14-13-21-9-5-3-6-10-21/h3-12,15-18H,2,19-20,30H2,1H3,(H,31,34,36). The van der Waals surface area contributed by atoms with Gasteiger partial charge in [-0.15, -0.1) is 0 Å². The summed E-state index contributed by atoms with van der Waals surface area (Å²) in [5.41, 5.74) is 7.84. The molecule has 0 radical (unpaired) electrons. The summed E-state index contributed by atoms with van der Waals surface area (Å²) in [6.07, 6.45) is 0.586. The summed E-state index contributed by atoms with van der Waals surface area (Å²) in [5.74, 6) is 5.72. The third kappa shape index (κ3) is 5.45. The van der Waals surface area contributed by atoms with Crippen LogP contribution in [0.25, 0.3) is 0 Å². The number of amides is 1. The number of aromatic amines is 1. The molecule has 0 unspecified atom stereocenters. The second kappa shape index (κ2) is 11.1. The predicted molar refractivity (Wildman–Crippen MR) is 142 cm³/mol. The molecular formula is C29H26N4O3. The van der Waals surface area contributed by atoms with Gasteiger partial charge in [-0.3, -0.25) is 19.1 Å². The highest BCUT2D eigenvalue weighted by molar-refractivity contribution is 6.07. The van der Waals surface area contributed by atoms with Crippen molar-refractivity contribution >= 4 is 17.4 Å². The average Bonchev–Trinajstić information content (AvgIpc) is 2.90. The molecule has 1 aromatic heterocycles. The molecule has 0 saturated carbocycles. The molecule has 7 heteroatoms. The molecule has 4 aromatic rings. The van der Waals surface area contributed by atoms with Crippen molar-refractivity contribution in [3.8, 4) is 11.8 Å². The van der Waals surface area contributed by atoms with E-state index in [1.165, 1.54) is 9.47 Å². The van der Waals surface area contributed by atoms with Crippen LogP contribution >= 0.6 is 0 Å². The number of aromatic nitrogens is 2. The summed E-state index contributed by atoms with van der Waals surface area (Å²) in [7, 11) is 0. The topological polar surface area (TPSA) is 101 Å². The number of rotatable bonds is 6. The molecule has 180 valence electrons. The summed E-state index contributed by atoms with van der Waals surface area (Å²) >= 11 is 0. The van der Waals surface area contributed by atoms with Gasteiger partial charge in [-0.1, -0.05) is 67.3 Å². The van der Waals surface area contributed by atoms with Crippen molar-refractivity contribution in [2.24, 2.45) is 0 Å². The van der Waals surface area contributed by atoms with Crippen molar-refractivity contribution in [2.75, 3.05) is 17.2 Å². The molecule has 36 heavy (non-hydrogen) atoms. The second-order valence-electron chi connectivity index (χ2n) is 8.22. The highest BCUT2D eigenvalue weighted by atomic mass is 16.2. The van der Waals surface area contributed by atoms with Crippen LogP contribution in [0, 0.1) is 11.8 Å². The van der Waals surface area contributed by atoms with Crippen LogP contribution in [-0.2, 0) is 6.54 Å². The van der Waals surface area contributed by atoms with E-state index in [1.807, 2.05) is 67.6 Å². The Kier molecular flexibility index (Phi) is 7.47. The van der Waals surface area contributed by atoms with Gasteiger partial charge in [-0.05, 0) is 48.4 Å². The first kappa shape index (κ1) is 24.3. The number of anilines is 2. The molecule has 1 heterocycles. The average molecular weight is 479 g/mol. The Balaban J connectivity index is 1.66. The van der Waals surface area contributed by atoms with Crippen LogP contribution in [0.15, 0.2) is 94.5 Å². The normalized spacial score (nSPS) is 10.4. The minimum absolute atomic E-state index is 0.0367. The van der Waals surface area contributed by atoms with Gasteiger partial charge in [0.25, 0.3) is 11.5 Å². The molecule has 0 atom stereocenters. The van der Waals surface area contributed by atoms with Gasteiger partial charge in [0.1, 0.15) is 5.82 Å². The minimum atomic E-state index is -0.700. The van der Waals surface area contributed by atoms with Gasteiger partial charge in [0.2, 0.25) is 0 Å². The van der Waals surface area contributed by atoms with Gasteiger partial charge >= 0.3 is 5.69 Å². The molecule has 7 nitrogen and oxygen atoms in total. The SMILES string of the molecule is CCCN(C(=O)c1ccc(C#Cc2ccccc2)cc1)c1c(N)n(Cc2ccccc2)c(=O)[nH]c1=O. The van der Waals surface area contributed by atoms with E-state index in [-0.39, 0.29) is 30.5 Å². The van der Waals surface area contributed by atoms with Gasteiger partial charge < -0.3 is 10.6 Å². The molecule has 0 saturated heterocycles. The van der Waals surface area contributed by atoms with Crippen molar-refractivity contribution in [3.05, 3.63) is 128 Å². The summed E-state index contributed by atoms with van der Waals surface area (Å²) in [4.78, 5) is 42.5. The molecule has 0 aliphatic rings. The fourth-order valence-electron chi connectivity index (χ4n) is 3.82. The number of nitrogens with one attached hydrogen (secondary N) is 1. The summed E-state index contributed by atoms with van der Waals surface area (Å²) < 4.78 is 1.27. The quantitative estimate of drug-likeness (QED) is 0.413. The van der Waals surface area contributed by atoms with E-state index in [4.69, 9.17) is 5.73 Å². The van der Waals surface area contributed by atoms with Crippen molar-refractivity contribution in [1.82, 2.24) is 9.55 Å².